The molecule has 4 heteroatoms. The molecule has 2 nitrogen and oxygen atoms in total. The van der Waals surface area contributed by atoms with Gasteiger partial charge in [0.05, 0.1) is 4.47 Å². The number of ether oxygens (including phenoxy) is 1. The van der Waals surface area contributed by atoms with Crippen LogP contribution in [0.25, 0.3) is 0 Å². The highest BCUT2D eigenvalue weighted by molar-refractivity contribution is 9.10. The SMILES string of the molecule is COCCCCNCc1ccc(Br)c(F)c1. The predicted octanol–water partition coefficient (Wildman–Crippen LogP) is 3.10. The second kappa shape index (κ2) is 7.76. The van der Waals surface area contributed by atoms with Crippen molar-refractivity contribution in [1.29, 1.82) is 0 Å². The highest BCUT2D eigenvalue weighted by Gasteiger charge is 1.99. The summed E-state index contributed by atoms with van der Waals surface area (Å²) in [7, 11) is 1.71. The fourth-order valence-corrected chi connectivity index (χ4v) is 1.63. The average molecular weight is 290 g/mol. The number of benzene rings is 1. The lowest BCUT2D eigenvalue weighted by molar-refractivity contribution is 0.192. The smallest absolute Gasteiger partial charge is 0.137 e. The van der Waals surface area contributed by atoms with Crippen molar-refractivity contribution in [3.8, 4) is 0 Å². The number of hydrogen-bond acceptors (Lipinski definition) is 2. The Labute approximate surface area is 104 Å². The molecule has 0 heterocycles. The summed E-state index contributed by atoms with van der Waals surface area (Å²) in [5, 5.41) is 3.27. The zero-order chi connectivity index (χ0) is 11.8. The second-order valence-electron chi connectivity index (χ2n) is 3.63. The molecule has 0 unspecified atom stereocenters. The van der Waals surface area contributed by atoms with Crippen LogP contribution < -0.4 is 5.32 Å². The van der Waals surface area contributed by atoms with E-state index < -0.39 is 0 Å². The van der Waals surface area contributed by atoms with Crippen LogP contribution in [0.2, 0.25) is 0 Å². The summed E-state index contributed by atoms with van der Waals surface area (Å²) in [4.78, 5) is 0. The van der Waals surface area contributed by atoms with Crippen LogP contribution in [0.5, 0.6) is 0 Å². The van der Waals surface area contributed by atoms with E-state index in [1.807, 2.05) is 6.07 Å². The number of halogens is 2. The molecule has 0 spiro atoms. The standard InChI is InChI=1S/C12H17BrFNO/c1-16-7-3-2-6-15-9-10-4-5-11(13)12(14)8-10/h4-5,8,15H,2-3,6-7,9H2,1H3. The van der Waals surface area contributed by atoms with E-state index in [1.54, 1.807) is 19.2 Å². The molecule has 0 aliphatic rings. The minimum absolute atomic E-state index is 0.210. The Morgan fingerprint density at radius 2 is 2.19 bits per heavy atom. The fraction of sp³-hybridized carbons (Fsp3) is 0.500. The van der Waals surface area contributed by atoms with E-state index in [2.05, 4.69) is 21.2 Å². The number of methoxy groups -OCH3 is 1. The summed E-state index contributed by atoms with van der Waals surface area (Å²) in [6.07, 6.45) is 2.13. The van der Waals surface area contributed by atoms with Crippen molar-refractivity contribution in [3.63, 3.8) is 0 Å². The largest absolute Gasteiger partial charge is 0.385 e. The Hall–Kier alpha value is -0.450. The lowest BCUT2D eigenvalue weighted by atomic mass is 10.2. The number of hydrogen-bond donors (Lipinski definition) is 1. The molecule has 90 valence electrons. The molecule has 0 amide bonds. The highest BCUT2D eigenvalue weighted by Crippen LogP contribution is 2.16. The lowest BCUT2D eigenvalue weighted by Gasteiger charge is -2.05. The van der Waals surface area contributed by atoms with Crippen molar-refractivity contribution in [2.45, 2.75) is 19.4 Å². The molecule has 1 aromatic rings. The first kappa shape index (κ1) is 13.6. The van der Waals surface area contributed by atoms with Crippen LogP contribution in [0.4, 0.5) is 4.39 Å². The van der Waals surface area contributed by atoms with E-state index in [4.69, 9.17) is 4.74 Å². The van der Waals surface area contributed by atoms with Crippen LogP contribution in [0.15, 0.2) is 22.7 Å². The molecule has 16 heavy (non-hydrogen) atoms. The van der Waals surface area contributed by atoms with Crippen molar-refractivity contribution < 1.29 is 9.13 Å². The van der Waals surface area contributed by atoms with Gasteiger partial charge < -0.3 is 10.1 Å². The van der Waals surface area contributed by atoms with Crippen molar-refractivity contribution >= 4 is 15.9 Å². The Morgan fingerprint density at radius 1 is 1.38 bits per heavy atom. The van der Waals surface area contributed by atoms with Crippen LogP contribution in [0, 0.1) is 5.82 Å². The third-order valence-electron chi connectivity index (χ3n) is 2.27. The third-order valence-corrected chi connectivity index (χ3v) is 2.91. The predicted molar refractivity (Wildman–Crippen MR) is 66.9 cm³/mol. The molecule has 0 bridgehead atoms. The summed E-state index contributed by atoms with van der Waals surface area (Å²) in [5.41, 5.74) is 0.965. The molecule has 0 saturated carbocycles. The van der Waals surface area contributed by atoms with E-state index in [-0.39, 0.29) is 5.82 Å². The Bertz CT molecular complexity index is 320. The van der Waals surface area contributed by atoms with E-state index in [0.29, 0.717) is 11.0 Å². The zero-order valence-electron chi connectivity index (χ0n) is 9.43. The summed E-state index contributed by atoms with van der Waals surface area (Å²) in [6.45, 7) is 2.44. The maximum absolute atomic E-state index is 13.2. The maximum Gasteiger partial charge on any atom is 0.137 e. The van der Waals surface area contributed by atoms with Crippen LogP contribution in [-0.2, 0) is 11.3 Å². The van der Waals surface area contributed by atoms with Crippen LogP contribution in [0.1, 0.15) is 18.4 Å². The van der Waals surface area contributed by atoms with E-state index in [9.17, 15) is 4.39 Å². The van der Waals surface area contributed by atoms with Crippen LogP contribution in [0.3, 0.4) is 0 Å². The van der Waals surface area contributed by atoms with Crippen molar-refractivity contribution in [2.24, 2.45) is 0 Å². The van der Waals surface area contributed by atoms with Crippen LogP contribution >= 0.6 is 15.9 Å². The quantitative estimate of drug-likeness (QED) is 0.779. The Kier molecular flexibility index (Phi) is 6.61. The molecule has 1 rings (SSSR count). The molecule has 1 aromatic carbocycles. The molecule has 1 N–H and O–H groups in total. The molecule has 0 aliphatic carbocycles. The molecule has 0 atom stereocenters. The summed E-state index contributed by atoms with van der Waals surface area (Å²) >= 11 is 3.13. The van der Waals surface area contributed by atoms with Crippen molar-refractivity contribution in [1.82, 2.24) is 5.32 Å². The molecular formula is C12H17BrFNO. The van der Waals surface area contributed by atoms with Crippen molar-refractivity contribution in [3.05, 3.63) is 34.1 Å². The molecule has 0 aromatic heterocycles. The number of nitrogens with one attached hydrogen (secondary N) is 1. The van der Waals surface area contributed by atoms with Gasteiger partial charge in [-0.1, -0.05) is 6.07 Å². The van der Waals surface area contributed by atoms with Gasteiger partial charge in [-0.15, -0.1) is 0 Å². The molecule has 0 radical (unpaired) electrons. The van der Waals surface area contributed by atoms with E-state index >= 15 is 0 Å². The minimum Gasteiger partial charge on any atom is -0.385 e. The first-order chi connectivity index (χ1) is 7.74. The van der Waals surface area contributed by atoms with Gasteiger partial charge in [0, 0.05) is 20.3 Å². The first-order valence-electron chi connectivity index (χ1n) is 5.37. The summed E-state index contributed by atoms with van der Waals surface area (Å²) in [5.74, 6) is -0.210. The van der Waals surface area contributed by atoms with Gasteiger partial charge in [-0.2, -0.15) is 0 Å². The van der Waals surface area contributed by atoms with Gasteiger partial charge in [-0.25, -0.2) is 4.39 Å². The average Bonchev–Trinajstić information content (AvgIpc) is 2.28. The topological polar surface area (TPSA) is 21.3 Å². The van der Waals surface area contributed by atoms with Gasteiger partial charge in [0.2, 0.25) is 0 Å². The maximum atomic E-state index is 13.2. The molecule has 0 aliphatic heterocycles. The molecule has 0 fully saturated rings. The van der Waals surface area contributed by atoms with Crippen molar-refractivity contribution in [2.75, 3.05) is 20.3 Å². The van der Waals surface area contributed by atoms with Crippen LogP contribution in [-0.4, -0.2) is 20.3 Å². The Morgan fingerprint density at radius 3 is 2.88 bits per heavy atom. The second-order valence-corrected chi connectivity index (χ2v) is 4.48. The van der Waals surface area contributed by atoms with Gasteiger partial charge in [0.15, 0.2) is 0 Å². The highest BCUT2D eigenvalue weighted by atomic mass is 79.9. The van der Waals surface area contributed by atoms with Gasteiger partial charge in [-0.05, 0) is 53.0 Å². The summed E-state index contributed by atoms with van der Waals surface area (Å²) in [6, 6.07) is 5.19. The van der Waals surface area contributed by atoms with Gasteiger partial charge in [0.1, 0.15) is 5.82 Å². The number of rotatable bonds is 7. The van der Waals surface area contributed by atoms with E-state index in [1.165, 1.54) is 0 Å². The molecular weight excluding hydrogens is 273 g/mol. The van der Waals surface area contributed by atoms with Gasteiger partial charge >= 0.3 is 0 Å². The van der Waals surface area contributed by atoms with Gasteiger partial charge in [-0.3, -0.25) is 0 Å². The third kappa shape index (κ3) is 5.05. The van der Waals surface area contributed by atoms with E-state index in [0.717, 1.165) is 31.6 Å². The summed E-state index contributed by atoms with van der Waals surface area (Å²) < 4.78 is 18.6. The minimum atomic E-state index is -0.210. The normalized spacial score (nSPS) is 10.7. The zero-order valence-corrected chi connectivity index (χ0v) is 11.0. The first-order valence-corrected chi connectivity index (χ1v) is 6.17. The fourth-order valence-electron chi connectivity index (χ4n) is 1.38. The van der Waals surface area contributed by atoms with Gasteiger partial charge in [0.25, 0.3) is 0 Å². The number of unbranched alkanes of at least 4 members (excludes halogenated alkanes) is 1. The molecule has 0 saturated heterocycles. The monoisotopic (exact) mass is 289 g/mol. The lowest BCUT2D eigenvalue weighted by Crippen LogP contribution is -2.15. The Balaban J connectivity index is 2.19.